The number of piperidine rings is 1. The van der Waals surface area contributed by atoms with E-state index < -0.39 is 71.2 Å². The van der Waals surface area contributed by atoms with Crippen LogP contribution in [0.25, 0.3) is 0 Å². The number of likely N-dealkylation sites (N-methyl/N-ethyl adjacent to an activating group) is 1. The molecule has 0 aromatic heterocycles. The maximum atomic E-state index is 13.2. The van der Waals surface area contributed by atoms with Gasteiger partial charge in [-0.3, -0.25) is 4.79 Å². The molecule has 2 fully saturated rings. The van der Waals surface area contributed by atoms with Crippen molar-refractivity contribution in [2.75, 3.05) is 13.6 Å². The number of esters is 3. The fourth-order valence-electron chi connectivity index (χ4n) is 7.36. The van der Waals surface area contributed by atoms with Crippen LogP contribution in [0.3, 0.4) is 0 Å². The third-order valence-corrected chi connectivity index (χ3v) is 9.17. The number of aliphatic hydroxyl groups is 1. The van der Waals surface area contributed by atoms with Crippen LogP contribution in [0.5, 0.6) is 11.5 Å². The summed E-state index contributed by atoms with van der Waals surface area (Å²) >= 11 is 0. The van der Waals surface area contributed by atoms with Gasteiger partial charge in [-0.2, -0.15) is 0 Å². The summed E-state index contributed by atoms with van der Waals surface area (Å²) in [5.41, 5.74) is -1.39. The second kappa shape index (κ2) is 10.4. The second-order valence-corrected chi connectivity index (χ2v) is 13.8. The average Bonchev–Trinajstić information content (AvgIpc) is 3.40. The molecule has 45 heavy (non-hydrogen) atoms. The highest BCUT2D eigenvalue weighted by Crippen LogP contribution is 2.65. The van der Waals surface area contributed by atoms with Crippen LogP contribution in [-0.2, 0) is 49.9 Å². The van der Waals surface area contributed by atoms with Gasteiger partial charge in [0.05, 0.1) is 17.4 Å². The Balaban J connectivity index is 1.25. The summed E-state index contributed by atoms with van der Waals surface area (Å²) in [5.74, 6) is -2.97. The number of carbonyl (C=O) groups excluding carboxylic acids is 4. The molecule has 13 heteroatoms. The lowest BCUT2D eigenvalue weighted by molar-refractivity contribution is -0.176. The lowest BCUT2D eigenvalue weighted by atomic mass is 9.50. The second-order valence-electron chi connectivity index (χ2n) is 13.8. The fourth-order valence-corrected chi connectivity index (χ4v) is 7.36. The Morgan fingerprint density at radius 3 is 2.58 bits per heavy atom. The summed E-state index contributed by atoms with van der Waals surface area (Å²) in [5, 5.41) is 12.4. The van der Waals surface area contributed by atoms with Crippen molar-refractivity contribution >= 4 is 24.1 Å². The molecule has 1 aromatic rings. The van der Waals surface area contributed by atoms with Crippen LogP contribution in [0, 0.1) is 0 Å². The number of carbonyl (C=O) groups is 4. The molecule has 5 aliphatic rings. The zero-order chi connectivity index (χ0) is 32.7. The van der Waals surface area contributed by atoms with E-state index in [0.29, 0.717) is 25.1 Å². The van der Waals surface area contributed by atoms with Crippen molar-refractivity contribution in [1.29, 1.82) is 0 Å². The van der Waals surface area contributed by atoms with Gasteiger partial charge in [0.15, 0.2) is 29.8 Å². The molecule has 3 aliphatic heterocycles. The predicted molar refractivity (Wildman–Crippen MR) is 153 cm³/mol. The van der Waals surface area contributed by atoms with Gasteiger partial charge in [0, 0.05) is 31.9 Å². The summed E-state index contributed by atoms with van der Waals surface area (Å²) in [4.78, 5) is 52.6. The van der Waals surface area contributed by atoms with Crippen molar-refractivity contribution in [3.8, 4) is 11.5 Å². The van der Waals surface area contributed by atoms with Gasteiger partial charge in [-0.05, 0) is 71.8 Å². The number of cyclic esters (lactones) is 1. The monoisotopic (exact) mass is 629 g/mol. The molecule has 1 N–H and O–H groups in total. The lowest BCUT2D eigenvalue weighted by Crippen LogP contribution is -2.74. The Bertz CT molecular complexity index is 1490. The molecule has 0 radical (unpaired) electrons. The molecule has 0 amide bonds. The van der Waals surface area contributed by atoms with E-state index >= 15 is 0 Å². The minimum Gasteiger partial charge on any atom is -0.477 e. The molecule has 2 aliphatic carbocycles. The highest BCUT2D eigenvalue weighted by atomic mass is 16.8. The van der Waals surface area contributed by atoms with Crippen LogP contribution in [0.1, 0.15) is 71.9 Å². The first-order valence-corrected chi connectivity index (χ1v) is 15.1. The van der Waals surface area contributed by atoms with Gasteiger partial charge < -0.3 is 43.2 Å². The van der Waals surface area contributed by atoms with Gasteiger partial charge in [-0.15, -0.1) is 0 Å². The Labute approximate surface area is 260 Å². The zero-order valence-electron chi connectivity index (χ0n) is 26.5. The van der Waals surface area contributed by atoms with E-state index in [0.717, 1.165) is 11.1 Å². The molecule has 244 valence electrons. The van der Waals surface area contributed by atoms with Crippen LogP contribution >= 0.6 is 0 Å². The summed E-state index contributed by atoms with van der Waals surface area (Å²) in [7, 11) is 1.97. The molecule has 0 saturated carbocycles. The van der Waals surface area contributed by atoms with E-state index in [1.165, 1.54) is 6.92 Å². The van der Waals surface area contributed by atoms with Gasteiger partial charge in [0.25, 0.3) is 0 Å². The standard InChI is InChI=1S/C32H39NO12/c1-16(39-22(34)15-20-27(36)44-30(5,6)43-20)26(35)40-19-10-11-32(38)21-14-17-8-9-18(41-28(37)45-29(2,3)4)24-23(17)31(32,25(19)42-24)12-13-33(21)7/h8-10,16,20-21,25,38H,11-15H2,1-7H3/t16-,20-,21-,25-,31-,32+/m0/s1. The fraction of sp³-hybridized carbons (Fsp3) is 0.625. The van der Waals surface area contributed by atoms with E-state index in [9.17, 15) is 24.3 Å². The van der Waals surface area contributed by atoms with E-state index in [1.807, 2.05) is 13.1 Å². The molecule has 6 rings (SSSR count). The van der Waals surface area contributed by atoms with Gasteiger partial charge >= 0.3 is 24.1 Å². The Morgan fingerprint density at radius 2 is 1.91 bits per heavy atom. The smallest absolute Gasteiger partial charge is 0.477 e. The average molecular weight is 630 g/mol. The molecular weight excluding hydrogens is 590 g/mol. The molecular formula is C32H39NO12. The Kier molecular flexibility index (Phi) is 7.25. The third kappa shape index (κ3) is 5.14. The van der Waals surface area contributed by atoms with Crippen LogP contribution < -0.4 is 9.47 Å². The molecule has 0 unspecified atom stereocenters. The van der Waals surface area contributed by atoms with Crippen molar-refractivity contribution < 1.29 is 57.4 Å². The summed E-state index contributed by atoms with van der Waals surface area (Å²) in [6, 6.07) is 3.28. The van der Waals surface area contributed by atoms with Crippen molar-refractivity contribution in [3.63, 3.8) is 0 Å². The van der Waals surface area contributed by atoms with Crippen LogP contribution in [0.15, 0.2) is 24.0 Å². The van der Waals surface area contributed by atoms with Crippen LogP contribution in [-0.4, -0.2) is 89.0 Å². The summed E-state index contributed by atoms with van der Waals surface area (Å²) in [6.45, 7) is 10.3. The highest BCUT2D eigenvalue weighted by Gasteiger charge is 2.72. The lowest BCUT2D eigenvalue weighted by Gasteiger charge is -2.61. The maximum Gasteiger partial charge on any atom is 0.514 e. The molecule has 3 heterocycles. The van der Waals surface area contributed by atoms with Gasteiger partial charge in [-0.25, -0.2) is 14.4 Å². The minimum atomic E-state index is -1.33. The molecule has 2 saturated heterocycles. The number of hydrogen-bond donors (Lipinski definition) is 1. The summed E-state index contributed by atoms with van der Waals surface area (Å²) in [6.07, 6.45) is -1.91. The van der Waals surface area contributed by atoms with Gasteiger partial charge in [0.1, 0.15) is 11.4 Å². The summed E-state index contributed by atoms with van der Waals surface area (Å²) < 4.78 is 39.1. The highest BCUT2D eigenvalue weighted by molar-refractivity contribution is 5.85. The van der Waals surface area contributed by atoms with E-state index in [2.05, 4.69) is 4.90 Å². The number of likely N-dealkylation sites (tertiary alicyclic amines) is 1. The Hall–Kier alpha value is -3.68. The van der Waals surface area contributed by atoms with Crippen molar-refractivity contribution in [1.82, 2.24) is 4.90 Å². The normalized spacial score (nSPS) is 31.5. The number of nitrogens with zero attached hydrogens (tertiary/aromatic N) is 1. The topological polar surface area (TPSA) is 156 Å². The van der Waals surface area contributed by atoms with Crippen LogP contribution in [0.2, 0.25) is 0 Å². The Morgan fingerprint density at radius 1 is 1.18 bits per heavy atom. The first-order valence-electron chi connectivity index (χ1n) is 15.1. The molecule has 13 nitrogen and oxygen atoms in total. The third-order valence-electron chi connectivity index (χ3n) is 9.17. The van der Waals surface area contributed by atoms with Crippen molar-refractivity contribution in [3.05, 3.63) is 35.1 Å². The predicted octanol–water partition coefficient (Wildman–Crippen LogP) is 2.82. The number of rotatable bonds is 6. The molecule has 1 aromatic carbocycles. The largest absolute Gasteiger partial charge is 0.514 e. The van der Waals surface area contributed by atoms with E-state index in [-0.39, 0.29) is 24.0 Å². The molecule has 1 spiro atoms. The number of benzene rings is 1. The minimum absolute atomic E-state index is 0.135. The molecule has 2 bridgehead atoms. The van der Waals surface area contributed by atoms with Gasteiger partial charge in [-0.1, -0.05) is 6.07 Å². The van der Waals surface area contributed by atoms with Crippen LogP contribution in [0.4, 0.5) is 4.79 Å². The number of ether oxygens (including phenoxy) is 7. The van der Waals surface area contributed by atoms with Crippen molar-refractivity contribution in [2.45, 2.75) is 114 Å². The number of hydrogen-bond acceptors (Lipinski definition) is 13. The first kappa shape index (κ1) is 31.3. The van der Waals surface area contributed by atoms with E-state index in [1.54, 1.807) is 46.8 Å². The van der Waals surface area contributed by atoms with E-state index in [4.69, 9.17) is 33.2 Å². The molecule has 6 atom stereocenters. The van der Waals surface area contributed by atoms with Crippen molar-refractivity contribution in [2.24, 2.45) is 0 Å². The van der Waals surface area contributed by atoms with Gasteiger partial charge in [0.2, 0.25) is 5.79 Å². The quantitative estimate of drug-likeness (QED) is 0.279. The maximum absolute atomic E-state index is 13.2. The SMILES string of the molecule is C[C@H](OC(=O)C[C@@H]1OC(C)(C)OC1=O)C(=O)OC1=CC[C@@]2(O)[C@@H]3Cc4ccc(OC(=O)OC(C)(C)C)c5c4[C@@]2(CCN3C)[C@H]1O5. The zero-order valence-corrected chi connectivity index (χ0v) is 26.5. The first-order chi connectivity index (χ1) is 20.9.